The Morgan fingerprint density at radius 1 is 0.909 bits per heavy atom. The van der Waals surface area contributed by atoms with Crippen LogP contribution in [0.4, 0.5) is 10.5 Å². The summed E-state index contributed by atoms with van der Waals surface area (Å²) in [5, 5.41) is 10.9. The van der Waals surface area contributed by atoms with Crippen molar-refractivity contribution in [2.45, 2.75) is 31.7 Å². The fourth-order valence-electron chi connectivity index (χ4n) is 6.12. The number of carbonyl (C=O) groups excluding carboxylic acids is 4. The molecule has 10 nitrogen and oxygen atoms in total. The van der Waals surface area contributed by atoms with Crippen LogP contribution in [0.3, 0.4) is 0 Å². The third kappa shape index (κ3) is 5.84. The molecule has 0 aromatic heterocycles. The summed E-state index contributed by atoms with van der Waals surface area (Å²) in [4.78, 5) is 55.3. The molecule has 0 spiro atoms. The number of anilines is 1. The maximum absolute atomic E-state index is 14.2. The first-order valence-electron chi connectivity index (χ1n) is 14.6. The van der Waals surface area contributed by atoms with Crippen LogP contribution in [-0.2, 0) is 33.9 Å². The highest BCUT2D eigenvalue weighted by Gasteiger charge is 2.51. The number of carbonyl (C=O) groups is 4. The molecule has 2 saturated heterocycles. The van der Waals surface area contributed by atoms with Gasteiger partial charge in [0.2, 0.25) is 18.2 Å². The van der Waals surface area contributed by atoms with Crippen molar-refractivity contribution >= 4 is 40.7 Å². The zero-order valence-corrected chi connectivity index (χ0v) is 24.4. The van der Waals surface area contributed by atoms with Gasteiger partial charge in [-0.3, -0.25) is 19.4 Å². The topological polar surface area (TPSA) is 105 Å². The smallest absolute Gasteiger partial charge is 0.332 e. The summed E-state index contributed by atoms with van der Waals surface area (Å²) in [7, 11) is 1.65. The number of nitrogens with zero attached hydrogens (tertiary/aromatic N) is 4. The van der Waals surface area contributed by atoms with Gasteiger partial charge in [-0.15, -0.1) is 0 Å². The molecular weight excluding hydrogens is 556 g/mol. The van der Waals surface area contributed by atoms with E-state index in [0.717, 1.165) is 27.5 Å². The number of urea groups is 1. The molecule has 4 aromatic rings. The lowest BCUT2D eigenvalue weighted by Gasteiger charge is -2.46. The van der Waals surface area contributed by atoms with Gasteiger partial charge >= 0.3 is 6.03 Å². The average molecular weight is 591 g/mol. The summed E-state index contributed by atoms with van der Waals surface area (Å²) in [6.45, 7) is 0.954. The Balaban J connectivity index is 1.28. The molecule has 2 fully saturated rings. The number of hydrogen-bond donors (Lipinski definition) is 2. The Morgan fingerprint density at radius 3 is 2.41 bits per heavy atom. The van der Waals surface area contributed by atoms with Crippen LogP contribution in [0.15, 0.2) is 97.1 Å². The number of fused-ring (bicyclic) bond motifs is 2. The number of amides is 5. The minimum atomic E-state index is -0.758. The average Bonchev–Trinajstić information content (AvgIpc) is 3.38. The van der Waals surface area contributed by atoms with E-state index in [1.807, 2.05) is 84.9 Å². The van der Waals surface area contributed by atoms with Crippen molar-refractivity contribution in [3.8, 4) is 0 Å². The summed E-state index contributed by atoms with van der Waals surface area (Å²) in [5.74, 6) is -0.351. The third-order valence-corrected chi connectivity index (χ3v) is 8.38. The van der Waals surface area contributed by atoms with E-state index in [-0.39, 0.29) is 30.9 Å². The highest BCUT2D eigenvalue weighted by Crippen LogP contribution is 2.31. The molecule has 0 saturated carbocycles. The quantitative estimate of drug-likeness (QED) is 0.290. The van der Waals surface area contributed by atoms with Crippen LogP contribution in [0, 0.1) is 0 Å². The second-order valence-corrected chi connectivity index (χ2v) is 11.1. The second kappa shape index (κ2) is 12.6. The predicted molar refractivity (Wildman–Crippen MR) is 167 cm³/mol. The van der Waals surface area contributed by atoms with E-state index < -0.39 is 12.2 Å². The molecule has 10 heteroatoms. The summed E-state index contributed by atoms with van der Waals surface area (Å²) in [5.41, 5.74) is 3.47. The molecular formula is C34H34N6O4. The summed E-state index contributed by atoms with van der Waals surface area (Å²) >= 11 is 0. The molecule has 1 unspecified atom stereocenters. The SMILES string of the molecule is CN(C(=O)NCc1ccccc1)N1CC(=O)N2C(Cc3ccc(NC=O)cc3)C(=O)N(Cc3cccc4ccccc34)C[C@@H]21. The van der Waals surface area contributed by atoms with Crippen molar-refractivity contribution in [2.75, 3.05) is 25.5 Å². The van der Waals surface area contributed by atoms with Gasteiger partial charge in [0.1, 0.15) is 12.2 Å². The lowest BCUT2D eigenvalue weighted by molar-refractivity contribution is -0.157. The molecule has 0 aliphatic carbocycles. The molecule has 0 radical (unpaired) electrons. The van der Waals surface area contributed by atoms with Crippen molar-refractivity contribution in [2.24, 2.45) is 0 Å². The Labute approximate surface area is 255 Å². The zero-order valence-electron chi connectivity index (χ0n) is 24.4. The van der Waals surface area contributed by atoms with Gasteiger partial charge in [-0.1, -0.05) is 84.9 Å². The molecule has 2 aliphatic rings. The van der Waals surface area contributed by atoms with Gasteiger partial charge < -0.3 is 20.4 Å². The number of nitrogens with one attached hydrogen (secondary N) is 2. The first-order valence-corrected chi connectivity index (χ1v) is 14.6. The number of hydrazine groups is 1. The molecule has 4 aromatic carbocycles. The Morgan fingerprint density at radius 2 is 1.64 bits per heavy atom. The van der Waals surface area contributed by atoms with Gasteiger partial charge in [0.25, 0.3) is 0 Å². The van der Waals surface area contributed by atoms with Gasteiger partial charge in [0, 0.05) is 32.2 Å². The highest BCUT2D eigenvalue weighted by atomic mass is 16.2. The van der Waals surface area contributed by atoms with Crippen LogP contribution < -0.4 is 10.6 Å². The van der Waals surface area contributed by atoms with Gasteiger partial charge in [0.05, 0.1) is 13.1 Å². The van der Waals surface area contributed by atoms with Gasteiger partial charge in [0.15, 0.2) is 0 Å². The van der Waals surface area contributed by atoms with E-state index in [2.05, 4.69) is 10.6 Å². The van der Waals surface area contributed by atoms with Crippen LogP contribution in [0.25, 0.3) is 10.8 Å². The van der Waals surface area contributed by atoms with Crippen LogP contribution >= 0.6 is 0 Å². The summed E-state index contributed by atoms with van der Waals surface area (Å²) in [6, 6.07) is 29.9. The van der Waals surface area contributed by atoms with Crippen molar-refractivity contribution in [1.29, 1.82) is 0 Å². The summed E-state index contributed by atoms with van der Waals surface area (Å²) < 4.78 is 0. The maximum atomic E-state index is 14.2. The third-order valence-electron chi connectivity index (χ3n) is 8.38. The normalized spacial score (nSPS) is 18.3. The second-order valence-electron chi connectivity index (χ2n) is 11.1. The Kier molecular flexibility index (Phi) is 8.25. The van der Waals surface area contributed by atoms with Crippen molar-refractivity contribution in [1.82, 2.24) is 25.1 Å². The largest absolute Gasteiger partial charge is 0.333 e. The minimum absolute atomic E-state index is 0.0198. The maximum Gasteiger partial charge on any atom is 0.332 e. The lowest BCUT2D eigenvalue weighted by Crippen LogP contribution is -2.65. The fourth-order valence-corrected chi connectivity index (χ4v) is 6.12. The van der Waals surface area contributed by atoms with E-state index in [9.17, 15) is 19.2 Å². The number of benzene rings is 4. The molecule has 2 N–H and O–H groups in total. The molecule has 2 aliphatic heterocycles. The van der Waals surface area contributed by atoms with Crippen LogP contribution in [0.2, 0.25) is 0 Å². The number of hydrogen-bond acceptors (Lipinski definition) is 5. The molecule has 5 amide bonds. The molecule has 224 valence electrons. The monoisotopic (exact) mass is 590 g/mol. The summed E-state index contributed by atoms with van der Waals surface area (Å²) in [6.07, 6.45) is 0.384. The standard InChI is InChI=1S/C34H34N6O4/c1-37(34(44)35-19-25-8-3-2-4-9-25)39-22-32(42)40-30(18-24-14-16-28(17-15-24)36-23-41)33(43)38(21-31(39)40)20-27-12-7-11-26-10-5-6-13-29(26)27/h2-17,23,30-31H,18-22H2,1H3,(H,35,44)(H,36,41)/t30?,31-/m1/s1. The van der Waals surface area contributed by atoms with Gasteiger partial charge in [-0.2, -0.15) is 5.01 Å². The molecule has 2 atom stereocenters. The van der Waals surface area contributed by atoms with Crippen molar-refractivity contribution in [3.05, 3.63) is 114 Å². The van der Waals surface area contributed by atoms with E-state index in [0.29, 0.717) is 31.6 Å². The van der Waals surface area contributed by atoms with E-state index in [1.165, 1.54) is 5.01 Å². The molecule has 0 bridgehead atoms. The van der Waals surface area contributed by atoms with E-state index in [1.54, 1.807) is 34.0 Å². The van der Waals surface area contributed by atoms with Gasteiger partial charge in [-0.05, 0) is 39.6 Å². The van der Waals surface area contributed by atoms with Crippen molar-refractivity contribution < 1.29 is 19.2 Å². The number of piperazine rings is 1. The van der Waals surface area contributed by atoms with Crippen molar-refractivity contribution in [3.63, 3.8) is 0 Å². The lowest BCUT2D eigenvalue weighted by atomic mass is 9.98. The Hall–Kier alpha value is -5.22. The first-order chi connectivity index (χ1) is 21.4. The van der Waals surface area contributed by atoms with Gasteiger partial charge in [-0.25, -0.2) is 4.79 Å². The van der Waals surface area contributed by atoms with Crippen LogP contribution in [0.5, 0.6) is 0 Å². The zero-order chi connectivity index (χ0) is 30.6. The first kappa shape index (κ1) is 28.9. The van der Waals surface area contributed by atoms with Crippen LogP contribution in [0.1, 0.15) is 16.7 Å². The van der Waals surface area contributed by atoms with E-state index in [4.69, 9.17) is 0 Å². The highest BCUT2D eigenvalue weighted by molar-refractivity contribution is 5.92. The number of rotatable bonds is 9. The minimum Gasteiger partial charge on any atom is -0.333 e. The van der Waals surface area contributed by atoms with Crippen LogP contribution in [-0.4, -0.2) is 76.4 Å². The molecule has 2 heterocycles. The van der Waals surface area contributed by atoms with E-state index >= 15 is 0 Å². The Bertz CT molecular complexity index is 1670. The fraction of sp³-hybridized carbons (Fsp3) is 0.235. The predicted octanol–water partition coefficient (Wildman–Crippen LogP) is 3.59. The molecule has 44 heavy (non-hydrogen) atoms. The molecule has 6 rings (SSSR count).